The molecule has 0 saturated heterocycles. The number of carboxylic acids is 1. The molecule has 0 aromatic rings. The fourth-order valence-electron chi connectivity index (χ4n) is 3.22. The Bertz CT molecular complexity index is 469. The summed E-state index contributed by atoms with van der Waals surface area (Å²) in [5.74, 6) is -1.26. The van der Waals surface area contributed by atoms with E-state index in [9.17, 15) is 19.8 Å². The van der Waals surface area contributed by atoms with Crippen LogP contribution < -0.4 is 0 Å². The van der Waals surface area contributed by atoms with Crippen molar-refractivity contribution in [3.8, 4) is 0 Å². The summed E-state index contributed by atoms with van der Waals surface area (Å²) >= 11 is 0. The van der Waals surface area contributed by atoms with E-state index in [1.165, 1.54) is 0 Å². The van der Waals surface area contributed by atoms with Gasteiger partial charge < -0.3 is 15.3 Å². The van der Waals surface area contributed by atoms with E-state index in [0.29, 0.717) is 25.7 Å². The first-order chi connectivity index (χ1) is 12.0. The molecule has 0 unspecified atom stereocenters. The molecule has 1 saturated carbocycles. The van der Waals surface area contributed by atoms with Gasteiger partial charge in [-0.2, -0.15) is 0 Å². The van der Waals surface area contributed by atoms with Crippen LogP contribution in [0.4, 0.5) is 0 Å². The molecule has 5 heteroatoms. The lowest BCUT2D eigenvalue weighted by atomic mass is 9.90. The summed E-state index contributed by atoms with van der Waals surface area (Å²) < 4.78 is 0. The van der Waals surface area contributed by atoms with Crippen molar-refractivity contribution in [2.24, 2.45) is 11.8 Å². The smallest absolute Gasteiger partial charge is 0.303 e. The topological polar surface area (TPSA) is 94.8 Å². The average Bonchev–Trinajstić information content (AvgIpc) is 2.82. The van der Waals surface area contributed by atoms with Crippen molar-refractivity contribution in [1.29, 1.82) is 0 Å². The fraction of sp³-hybridized carbons (Fsp3) is 0.700. The van der Waals surface area contributed by atoms with Crippen LogP contribution in [0.15, 0.2) is 24.3 Å². The van der Waals surface area contributed by atoms with Crippen molar-refractivity contribution in [3.05, 3.63) is 24.3 Å². The van der Waals surface area contributed by atoms with Gasteiger partial charge in [0.2, 0.25) is 0 Å². The number of ketones is 1. The third kappa shape index (κ3) is 8.45. The van der Waals surface area contributed by atoms with Gasteiger partial charge in [-0.15, -0.1) is 0 Å². The Morgan fingerprint density at radius 3 is 2.72 bits per heavy atom. The van der Waals surface area contributed by atoms with Crippen LogP contribution in [0, 0.1) is 11.8 Å². The van der Waals surface area contributed by atoms with E-state index in [0.717, 1.165) is 19.3 Å². The first-order valence-electron chi connectivity index (χ1n) is 9.39. The van der Waals surface area contributed by atoms with Gasteiger partial charge in [0.05, 0.1) is 12.2 Å². The predicted octanol–water partition coefficient (Wildman–Crippen LogP) is 3.25. The number of carboxylic acid groups (broad SMARTS) is 1. The molecule has 0 spiro atoms. The number of hydrogen-bond donors (Lipinski definition) is 3. The lowest BCUT2D eigenvalue weighted by Gasteiger charge is -2.16. The Balaban J connectivity index is 2.48. The van der Waals surface area contributed by atoms with Gasteiger partial charge in [-0.3, -0.25) is 9.59 Å². The second-order valence-electron chi connectivity index (χ2n) is 6.86. The molecular formula is C20H32O5. The molecule has 0 aromatic carbocycles. The van der Waals surface area contributed by atoms with Crippen LogP contribution in [0.1, 0.15) is 64.7 Å². The van der Waals surface area contributed by atoms with E-state index in [1.807, 2.05) is 12.2 Å². The molecule has 0 amide bonds. The number of aliphatic hydroxyl groups is 2. The Morgan fingerprint density at radius 2 is 2.04 bits per heavy atom. The van der Waals surface area contributed by atoms with Crippen molar-refractivity contribution < 1.29 is 24.9 Å². The van der Waals surface area contributed by atoms with Crippen molar-refractivity contribution in [3.63, 3.8) is 0 Å². The lowest BCUT2D eigenvalue weighted by molar-refractivity contribution is -0.137. The number of hydrogen-bond acceptors (Lipinski definition) is 4. The molecule has 4 atom stereocenters. The van der Waals surface area contributed by atoms with Crippen molar-refractivity contribution in [2.45, 2.75) is 76.9 Å². The standard InChI is InChI=1S/C20H32O5/c1-2-3-6-9-15(21)12-13-17-16(18(22)14-19(17)23)10-7-4-5-8-11-20(24)25/h4,7,12-13,15-17,19,21,23H,2-3,5-6,8-11,14H2,1H3,(H,24,25)/b7-4+,13-12?/t15-,16-,17-,19-/m1/s1. The maximum atomic E-state index is 12.1. The number of unbranched alkanes of at least 4 members (excludes halogenated alkanes) is 3. The highest BCUT2D eigenvalue weighted by Gasteiger charge is 2.39. The summed E-state index contributed by atoms with van der Waals surface area (Å²) in [5, 5.41) is 28.7. The maximum absolute atomic E-state index is 12.1. The SMILES string of the molecule is CCCCC[C@@H](O)C=C[C@H]1[C@H](O)CC(=O)[C@@H]1C/C=C/CCCC(=O)O. The summed E-state index contributed by atoms with van der Waals surface area (Å²) in [7, 11) is 0. The molecule has 0 aromatic heterocycles. The molecule has 1 rings (SSSR count). The van der Waals surface area contributed by atoms with Gasteiger partial charge in [0.25, 0.3) is 0 Å². The second kappa shape index (κ2) is 12.0. The maximum Gasteiger partial charge on any atom is 0.303 e. The third-order valence-electron chi connectivity index (χ3n) is 4.71. The van der Waals surface area contributed by atoms with Gasteiger partial charge in [0.1, 0.15) is 5.78 Å². The number of aliphatic hydroxyl groups excluding tert-OH is 2. The van der Waals surface area contributed by atoms with Crippen molar-refractivity contribution in [1.82, 2.24) is 0 Å². The minimum atomic E-state index is -0.801. The first kappa shape index (κ1) is 21.6. The van der Waals surface area contributed by atoms with E-state index >= 15 is 0 Å². The second-order valence-corrected chi connectivity index (χ2v) is 6.86. The van der Waals surface area contributed by atoms with Crippen molar-refractivity contribution in [2.75, 3.05) is 0 Å². The van der Waals surface area contributed by atoms with Crippen molar-refractivity contribution >= 4 is 11.8 Å². The molecule has 1 aliphatic carbocycles. The zero-order valence-electron chi connectivity index (χ0n) is 15.1. The van der Waals surface area contributed by atoms with Gasteiger partial charge in [0.15, 0.2) is 0 Å². The number of aliphatic carboxylic acids is 1. The van der Waals surface area contributed by atoms with Gasteiger partial charge in [-0.05, 0) is 25.7 Å². The van der Waals surface area contributed by atoms with Crippen LogP contribution in [-0.2, 0) is 9.59 Å². The molecule has 1 fully saturated rings. The fourth-order valence-corrected chi connectivity index (χ4v) is 3.22. The molecule has 3 N–H and O–H groups in total. The number of carbonyl (C=O) groups is 2. The lowest BCUT2D eigenvalue weighted by Crippen LogP contribution is -2.18. The molecular weight excluding hydrogens is 320 g/mol. The number of Topliss-reactive ketones (excluding diaryl/α,β-unsaturated/α-hetero) is 1. The summed E-state index contributed by atoms with van der Waals surface area (Å²) in [5.41, 5.74) is 0. The summed E-state index contributed by atoms with van der Waals surface area (Å²) in [6.45, 7) is 2.11. The van der Waals surface area contributed by atoms with E-state index in [-0.39, 0.29) is 30.5 Å². The van der Waals surface area contributed by atoms with Gasteiger partial charge >= 0.3 is 5.97 Å². The van der Waals surface area contributed by atoms with E-state index < -0.39 is 18.2 Å². The normalized spacial score (nSPS) is 25.2. The van der Waals surface area contributed by atoms with E-state index in [2.05, 4.69) is 6.92 Å². The molecule has 0 aliphatic heterocycles. The predicted molar refractivity (Wildman–Crippen MR) is 97.1 cm³/mol. The molecule has 1 aliphatic rings. The van der Waals surface area contributed by atoms with Gasteiger partial charge in [-0.1, -0.05) is 50.5 Å². The first-order valence-corrected chi connectivity index (χ1v) is 9.39. The van der Waals surface area contributed by atoms with Crippen LogP contribution in [-0.4, -0.2) is 39.3 Å². The largest absolute Gasteiger partial charge is 0.481 e. The van der Waals surface area contributed by atoms with Crippen LogP contribution in [0.3, 0.4) is 0 Å². The highest BCUT2D eigenvalue weighted by molar-refractivity contribution is 5.84. The Kier molecular flexibility index (Phi) is 10.3. The Morgan fingerprint density at radius 1 is 1.28 bits per heavy atom. The molecule has 0 radical (unpaired) electrons. The van der Waals surface area contributed by atoms with Crippen LogP contribution >= 0.6 is 0 Å². The monoisotopic (exact) mass is 352 g/mol. The molecule has 5 nitrogen and oxygen atoms in total. The zero-order valence-corrected chi connectivity index (χ0v) is 15.1. The summed E-state index contributed by atoms with van der Waals surface area (Å²) in [4.78, 5) is 22.5. The number of carbonyl (C=O) groups excluding carboxylic acids is 1. The highest BCUT2D eigenvalue weighted by Crippen LogP contribution is 2.33. The third-order valence-corrected chi connectivity index (χ3v) is 4.71. The van der Waals surface area contributed by atoms with E-state index in [4.69, 9.17) is 5.11 Å². The summed E-state index contributed by atoms with van der Waals surface area (Å²) in [6.07, 6.45) is 12.1. The Labute approximate surface area is 150 Å². The van der Waals surface area contributed by atoms with Gasteiger partial charge in [0, 0.05) is 24.7 Å². The molecule has 142 valence electrons. The quantitative estimate of drug-likeness (QED) is 0.370. The molecule has 0 heterocycles. The number of allylic oxidation sites excluding steroid dienone is 2. The van der Waals surface area contributed by atoms with Crippen LogP contribution in [0.25, 0.3) is 0 Å². The van der Waals surface area contributed by atoms with Crippen LogP contribution in [0.2, 0.25) is 0 Å². The Hall–Kier alpha value is -1.46. The van der Waals surface area contributed by atoms with E-state index in [1.54, 1.807) is 12.2 Å². The zero-order chi connectivity index (χ0) is 18.7. The number of rotatable bonds is 12. The average molecular weight is 352 g/mol. The minimum absolute atomic E-state index is 0.0535. The molecule has 0 bridgehead atoms. The van der Waals surface area contributed by atoms with Crippen LogP contribution in [0.5, 0.6) is 0 Å². The molecule has 25 heavy (non-hydrogen) atoms. The summed E-state index contributed by atoms with van der Waals surface area (Å²) in [6, 6.07) is 0. The minimum Gasteiger partial charge on any atom is -0.481 e. The van der Waals surface area contributed by atoms with Gasteiger partial charge in [-0.25, -0.2) is 0 Å². The highest BCUT2D eigenvalue weighted by atomic mass is 16.4.